The second-order valence-electron chi connectivity index (χ2n) is 5.50. The molecule has 3 rings (SSSR count). The molecule has 1 aromatic carbocycles. The Morgan fingerprint density at radius 3 is 2.96 bits per heavy atom. The maximum atomic E-state index is 13.6. The highest BCUT2D eigenvalue weighted by Crippen LogP contribution is 2.27. The molecule has 7 heteroatoms. The average molecular weight is 335 g/mol. The maximum Gasteiger partial charge on any atom is 0.244 e. The second kappa shape index (κ2) is 6.60. The Morgan fingerprint density at radius 2 is 2.26 bits per heavy atom. The smallest absolute Gasteiger partial charge is 0.244 e. The molecule has 1 amide bonds. The van der Waals surface area contributed by atoms with Crippen LogP contribution in [0.1, 0.15) is 12.1 Å². The summed E-state index contributed by atoms with van der Waals surface area (Å²) in [7, 11) is 1.88. The zero-order chi connectivity index (χ0) is 16.4. The van der Waals surface area contributed by atoms with Crippen molar-refractivity contribution in [3.63, 3.8) is 0 Å². The third-order valence-corrected chi connectivity index (χ3v) is 4.26. The molecule has 1 saturated heterocycles. The summed E-state index contributed by atoms with van der Waals surface area (Å²) >= 11 is 5.69. The number of anilines is 1. The van der Waals surface area contributed by atoms with E-state index in [1.807, 2.05) is 11.9 Å². The van der Waals surface area contributed by atoms with E-state index in [9.17, 15) is 9.18 Å². The van der Waals surface area contributed by atoms with Crippen LogP contribution >= 0.6 is 11.6 Å². The Bertz CT molecular complexity index is 712. The number of likely N-dealkylation sites (N-methyl/N-ethyl adjacent to an activating group) is 1. The molecule has 1 aliphatic heterocycles. The minimum Gasteiger partial charge on any atom is -0.311 e. The van der Waals surface area contributed by atoms with E-state index in [2.05, 4.69) is 9.97 Å². The Labute approximate surface area is 138 Å². The zero-order valence-corrected chi connectivity index (χ0v) is 13.4. The monoisotopic (exact) mass is 334 g/mol. The van der Waals surface area contributed by atoms with Gasteiger partial charge in [-0.3, -0.25) is 19.7 Å². The van der Waals surface area contributed by atoms with Crippen molar-refractivity contribution in [2.24, 2.45) is 0 Å². The number of hydrogen-bond donors (Lipinski definition) is 0. The van der Waals surface area contributed by atoms with Crippen LogP contribution in [0.3, 0.4) is 0 Å². The van der Waals surface area contributed by atoms with Crippen LogP contribution in [0.2, 0.25) is 5.02 Å². The summed E-state index contributed by atoms with van der Waals surface area (Å²) in [5.74, 6) is -0.563. The van der Waals surface area contributed by atoms with Crippen molar-refractivity contribution in [2.75, 3.05) is 18.5 Å². The lowest BCUT2D eigenvalue weighted by Gasteiger charge is -2.23. The number of carbonyl (C=O) groups is 1. The van der Waals surface area contributed by atoms with E-state index in [0.29, 0.717) is 25.2 Å². The van der Waals surface area contributed by atoms with Crippen LogP contribution in [0.15, 0.2) is 36.8 Å². The van der Waals surface area contributed by atoms with Gasteiger partial charge in [-0.05, 0) is 31.7 Å². The van der Waals surface area contributed by atoms with E-state index in [1.165, 1.54) is 12.1 Å². The predicted octanol–water partition coefficient (Wildman–Crippen LogP) is 2.51. The van der Waals surface area contributed by atoms with Gasteiger partial charge in [0.1, 0.15) is 5.82 Å². The van der Waals surface area contributed by atoms with Crippen molar-refractivity contribution >= 4 is 23.2 Å². The second-order valence-corrected chi connectivity index (χ2v) is 5.91. The molecule has 1 atom stereocenters. The Kier molecular flexibility index (Phi) is 4.54. The number of nitrogens with zero attached hydrogens (tertiary/aromatic N) is 4. The van der Waals surface area contributed by atoms with Crippen LogP contribution in [0, 0.1) is 5.82 Å². The summed E-state index contributed by atoms with van der Waals surface area (Å²) in [5, 5.41) is 0.0525. The Morgan fingerprint density at radius 1 is 1.43 bits per heavy atom. The number of aromatic nitrogens is 2. The summed E-state index contributed by atoms with van der Waals surface area (Å²) in [6.45, 7) is 1.09. The molecule has 2 heterocycles. The molecule has 1 fully saturated rings. The van der Waals surface area contributed by atoms with E-state index in [1.54, 1.807) is 29.6 Å². The van der Waals surface area contributed by atoms with Gasteiger partial charge in [0, 0.05) is 37.4 Å². The highest BCUT2D eigenvalue weighted by molar-refractivity contribution is 6.30. The lowest BCUT2D eigenvalue weighted by Crippen LogP contribution is -2.39. The molecule has 0 N–H and O–H groups in total. The first kappa shape index (κ1) is 15.8. The third-order valence-electron chi connectivity index (χ3n) is 3.95. The number of rotatable bonds is 4. The van der Waals surface area contributed by atoms with E-state index >= 15 is 0 Å². The van der Waals surface area contributed by atoms with E-state index < -0.39 is 5.82 Å². The summed E-state index contributed by atoms with van der Waals surface area (Å²) in [4.78, 5) is 24.4. The molecule has 1 aliphatic rings. The normalized spacial score (nSPS) is 18.0. The topological polar surface area (TPSA) is 49.3 Å². The largest absolute Gasteiger partial charge is 0.311 e. The Hall–Kier alpha value is -2.05. The molecule has 0 radical (unpaired) electrons. The number of carbonyl (C=O) groups excluding carboxylic acids is 1. The number of hydrogen-bond acceptors (Lipinski definition) is 4. The van der Waals surface area contributed by atoms with Gasteiger partial charge in [0.15, 0.2) is 0 Å². The number of halogens is 2. The molecule has 1 unspecified atom stereocenters. The Balaban J connectivity index is 1.72. The van der Waals surface area contributed by atoms with Crippen molar-refractivity contribution < 1.29 is 9.18 Å². The summed E-state index contributed by atoms with van der Waals surface area (Å²) in [5.41, 5.74) is 1.34. The lowest BCUT2D eigenvalue weighted by atomic mass is 10.2. The van der Waals surface area contributed by atoms with Gasteiger partial charge in [-0.1, -0.05) is 11.6 Å². The maximum absolute atomic E-state index is 13.6. The van der Waals surface area contributed by atoms with Gasteiger partial charge in [-0.2, -0.15) is 0 Å². The molecule has 0 saturated carbocycles. The molecule has 5 nitrogen and oxygen atoms in total. The van der Waals surface area contributed by atoms with Crippen molar-refractivity contribution in [1.29, 1.82) is 0 Å². The molecule has 23 heavy (non-hydrogen) atoms. The van der Waals surface area contributed by atoms with E-state index in [4.69, 9.17) is 11.6 Å². The first-order valence-corrected chi connectivity index (χ1v) is 7.65. The van der Waals surface area contributed by atoms with Crippen LogP contribution in [-0.2, 0) is 11.3 Å². The van der Waals surface area contributed by atoms with Crippen LogP contribution in [0.25, 0.3) is 0 Å². The van der Waals surface area contributed by atoms with Gasteiger partial charge in [-0.15, -0.1) is 0 Å². The van der Waals surface area contributed by atoms with E-state index in [-0.39, 0.29) is 17.0 Å². The summed E-state index contributed by atoms with van der Waals surface area (Å²) in [6, 6.07) is 4.17. The highest BCUT2D eigenvalue weighted by atomic mass is 35.5. The quantitative estimate of drug-likeness (QED) is 0.862. The third kappa shape index (κ3) is 3.33. The highest BCUT2D eigenvalue weighted by Gasteiger charge is 2.35. The van der Waals surface area contributed by atoms with Crippen LogP contribution in [-0.4, -0.2) is 40.4 Å². The van der Waals surface area contributed by atoms with Crippen molar-refractivity contribution in [3.05, 3.63) is 53.3 Å². The zero-order valence-electron chi connectivity index (χ0n) is 12.6. The molecule has 1 aromatic heterocycles. The molecular formula is C16H16ClFN4O. The van der Waals surface area contributed by atoms with Crippen LogP contribution < -0.4 is 4.90 Å². The van der Waals surface area contributed by atoms with Crippen molar-refractivity contribution in [2.45, 2.75) is 19.0 Å². The number of amides is 1. The standard InChI is InChI=1S/C16H16ClFN4O/c1-21(10-11-9-19-5-6-20-11)15-4-7-22(16(15)23)12-2-3-13(17)14(18)8-12/h2-3,5-6,8-9,15H,4,7,10H2,1H3. The molecule has 0 aliphatic carbocycles. The average Bonchev–Trinajstić information content (AvgIpc) is 2.93. The van der Waals surface area contributed by atoms with Gasteiger partial charge in [0.05, 0.1) is 16.8 Å². The molecule has 120 valence electrons. The van der Waals surface area contributed by atoms with Gasteiger partial charge in [-0.25, -0.2) is 4.39 Å². The van der Waals surface area contributed by atoms with Crippen LogP contribution in [0.4, 0.5) is 10.1 Å². The fraction of sp³-hybridized carbons (Fsp3) is 0.312. The summed E-state index contributed by atoms with van der Waals surface area (Å²) < 4.78 is 13.6. The minimum absolute atomic E-state index is 0.0434. The minimum atomic E-state index is -0.520. The van der Waals surface area contributed by atoms with Crippen molar-refractivity contribution in [3.8, 4) is 0 Å². The molecule has 0 spiro atoms. The van der Waals surface area contributed by atoms with Gasteiger partial charge in [0.2, 0.25) is 5.91 Å². The molecule has 0 bridgehead atoms. The van der Waals surface area contributed by atoms with Crippen LogP contribution in [0.5, 0.6) is 0 Å². The summed E-state index contributed by atoms with van der Waals surface area (Å²) in [6.07, 6.45) is 5.60. The first-order valence-electron chi connectivity index (χ1n) is 7.28. The predicted molar refractivity (Wildman–Crippen MR) is 85.7 cm³/mol. The molecule has 2 aromatic rings. The van der Waals surface area contributed by atoms with Crippen molar-refractivity contribution in [1.82, 2.24) is 14.9 Å². The van der Waals surface area contributed by atoms with E-state index in [0.717, 1.165) is 5.69 Å². The van der Waals surface area contributed by atoms with Gasteiger partial charge >= 0.3 is 0 Å². The SMILES string of the molecule is CN(Cc1cnccn1)C1CCN(c2ccc(Cl)c(F)c2)C1=O. The lowest BCUT2D eigenvalue weighted by molar-refractivity contribution is -0.121. The number of benzene rings is 1. The van der Waals surface area contributed by atoms with Gasteiger partial charge < -0.3 is 4.90 Å². The fourth-order valence-electron chi connectivity index (χ4n) is 2.76. The first-order chi connectivity index (χ1) is 11.1. The molecular weight excluding hydrogens is 319 g/mol. The fourth-order valence-corrected chi connectivity index (χ4v) is 2.88. The van der Waals surface area contributed by atoms with Gasteiger partial charge in [0.25, 0.3) is 0 Å².